The summed E-state index contributed by atoms with van der Waals surface area (Å²) in [7, 11) is -1.62. The van der Waals surface area contributed by atoms with Crippen LogP contribution < -0.4 is 5.32 Å². The van der Waals surface area contributed by atoms with Gasteiger partial charge in [0.05, 0.1) is 5.75 Å². The lowest BCUT2D eigenvalue weighted by molar-refractivity contribution is 0.397. The molecule has 1 fully saturated rings. The minimum absolute atomic E-state index is 0.137. The summed E-state index contributed by atoms with van der Waals surface area (Å²) in [5.74, 6) is 0.137. The van der Waals surface area contributed by atoms with Gasteiger partial charge in [0.15, 0.2) is 0 Å². The van der Waals surface area contributed by atoms with Gasteiger partial charge < -0.3 is 5.32 Å². The molecule has 2 rings (SSSR count). The molecule has 20 heavy (non-hydrogen) atoms. The smallest absolute Gasteiger partial charge is 0.215 e. The molecule has 1 aliphatic carbocycles. The SMILES string of the molecule is CC(c1ccc(Cl)cc1)N(C)S(=O)(=O)CCNC1CC1. The number of rotatable bonds is 7. The number of nitrogens with zero attached hydrogens (tertiary/aromatic N) is 1. The van der Waals surface area contributed by atoms with Gasteiger partial charge in [-0.2, -0.15) is 4.31 Å². The molecule has 1 unspecified atom stereocenters. The first-order chi connectivity index (χ1) is 9.40. The van der Waals surface area contributed by atoms with Crippen LogP contribution in [-0.4, -0.2) is 38.1 Å². The average molecular weight is 317 g/mol. The van der Waals surface area contributed by atoms with Crippen molar-refractivity contribution in [2.75, 3.05) is 19.3 Å². The fourth-order valence-electron chi connectivity index (χ4n) is 2.02. The first-order valence-electron chi connectivity index (χ1n) is 6.85. The lowest BCUT2D eigenvalue weighted by atomic mass is 10.1. The van der Waals surface area contributed by atoms with Crippen LogP contribution in [0, 0.1) is 0 Å². The van der Waals surface area contributed by atoms with Crippen molar-refractivity contribution in [3.05, 3.63) is 34.9 Å². The Morgan fingerprint density at radius 1 is 1.35 bits per heavy atom. The van der Waals surface area contributed by atoms with Crippen molar-refractivity contribution in [1.29, 1.82) is 0 Å². The molecular weight excluding hydrogens is 296 g/mol. The highest BCUT2D eigenvalue weighted by atomic mass is 35.5. The second kappa shape index (κ2) is 6.43. The highest BCUT2D eigenvalue weighted by molar-refractivity contribution is 7.89. The monoisotopic (exact) mass is 316 g/mol. The van der Waals surface area contributed by atoms with Crippen LogP contribution in [0.4, 0.5) is 0 Å². The van der Waals surface area contributed by atoms with E-state index in [1.54, 1.807) is 19.2 Å². The van der Waals surface area contributed by atoms with Gasteiger partial charge in [-0.3, -0.25) is 0 Å². The van der Waals surface area contributed by atoms with E-state index in [0.717, 1.165) is 18.4 Å². The van der Waals surface area contributed by atoms with Crippen LogP contribution in [0.5, 0.6) is 0 Å². The third-order valence-electron chi connectivity index (χ3n) is 3.71. The maximum atomic E-state index is 12.3. The highest BCUT2D eigenvalue weighted by Crippen LogP contribution is 2.23. The number of halogens is 1. The molecule has 0 saturated heterocycles. The summed E-state index contributed by atoms with van der Waals surface area (Å²) in [5.41, 5.74) is 0.940. The van der Waals surface area contributed by atoms with Gasteiger partial charge >= 0.3 is 0 Å². The van der Waals surface area contributed by atoms with Gasteiger partial charge in [-0.1, -0.05) is 23.7 Å². The van der Waals surface area contributed by atoms with E-state index < -0.39 is 10.0 Å². The standard InChI is InChI=1S/C14H21ClN2O2S/c1-11(12-3-5-13(15)6-4-12)17(2)20(18,19)10-9-16-14-7-8-14/h3-6,11,14,16H,7-10H2,1-2H3. The normalized spacial score (nSPS) is 17.4. The third kappa shape index (κ3) is 4.19. The molecule has 1 atom stereocenters. The molecule has 0 amide bonds. The molecule has 0 aliphatic heterocycles. The van der Waals surface area contributed by atoms with E-state index in [1.807, 2.05) is 19.1 Å². The van der Waals surface area contributed by atoms with Crippen LogP contribution in [0.15, 0.2) is 24.3 Å². The zero-order valence-electron chi connectivity index (χ0n) is 11.8. The van der Waals surface area contributed by atoms with E-state index in [-0.39, 0.29) is 11.8 Å². The third-order valence-corrected chi connectivity index (χ3v) is 5.87. The summed E-state index contributed by atoms with van der Waals surface area (Å²) in [6.45, 7) is 2.40. The van der Waals surface area contributed by atoms with Crippen LogP contribution in [0.1, 0.15) is 31.4 Å². The maximum Gasteiger partial charge on any atom is 0.215 e. The summed E-state index contributed by atoms with van der Waals surface area (Å²) in [6.07, 6.45) is 2.33. The summed E-state index contributed by atoms with van der Waals surface area (Å²) < 4.78 is 26.0. The first-order valence-corrected chi connectivity index (χ1v) is 8.83. The summed E-state index contributed by atoms with van der Waals surface area (Å²) in [5, 5.41) is 3.88. The van der Waals surface area contributed by atoms with Crippen LogP contribution >= 0.6 is 11.6 Å². The molecule has 1 N–H and O–H groups in total. The van der Waals surface area contributed by atoms with Gasteiger partial charge in [-0.25, -0.2) is 8.42 Å². The predicted octanol–water partition coefficient (Wildman–Crippen LogP) is 2.41. The van der Waals surface area contributed by atoms with Gasteiger partial charge in [0.25, 0.3) is 0 Å². The van der Waals surface area contributed by atoms with Crippen LogP contribution in [0.2, 0.25) is 5.02 Å². The van der Waals surface area contributed by atoms with Gasteiger partial charge in [-0.15, -0.1) is 0 Å². The van der Waals surface area contributed by atoms with Gasteiger partial charge in [0.2, 0.25) is 10.0 Å². The zero-order valence-corrected chi connectivity index (χ0v) is 13.4. The van der Waals surface area contributed by atoms with Crippen molar-refractivity contribution in [2.45, 2.75) is 31.8 Å². The number of hydrogen-bond donors (Lipinski definition) is 1. The molecule has 0 heterocycles. The molecule has 0 spiro atoms. The summed E-state index contributed by atoms with van der Waals surface area (Å²) >= 11 is 5.85. The number of benzene rings is 1. The Hall–Kier alpha value is -0.620. The van der Waals surface area contributed by atoms with Crippen molar-refractivity contribution in [1.82, 2.24) is 9.62 Å². The molecule has 4 nitrogen and oxygen atoms in total. The van der Waals surface area contributed by atoms with E-state index in [2.05, 4.69) is 5.32 Å². The van der Waals surface area contributed by atoms with Crippen LogP contribution in [-0.2, 0) is 10.0 Å². The van der Waals surface area contributed by atoms with E-state index in [1.165, 1.54) is 4.31 Å². The van der Waals surface area contributed by atoms with E-state index in [9.17, 15) is 8.42 Å². The summed E-state index contributed by atoms with van der Waals surface area (Å²) in [4.78, 5) is 0. The van der Waals surface area contributed by atoms with E-state index in [0.29, 0.717) is 17.6 Å². The van der Waals surface area contributed by atoms with Crippen LogP contribution in [0.3, 0.4) is 0 Å². The van der Waals surface area contributed by atoms with Crippen LogP contribution in [0.25, 0.3) is 0 Å². The molecule has 0 bridgehead atoms. The Labute approximate surface area is 126 Å². The minimum atomic E-state index is -3.25. The Morgan fingerprint density at radius 2 is 1.95 bits per heavy atom. The minimum Gasteiger partial charge on any atom is -0.313 e. The number of hydrogen-bond acceptors (Lipinski definition) is 3. The molecule has 1 aromatic carbocycles. The molecule has 112 valence electrons. The van der Waals surface area contributed by atoms with Gasteiger partial charge in [-0.05, 0) is 37.5 Å². The predicted molar refractivity (Wildman–Crippen MR) is 82.4 cm³/mol. The number of sulfonamides is 1. The molecule has 0 radical (unpaired) electrons. The Bertz CT molecular complexity index is 541. The quantitative estimate of drug-likeness (QED) is 0.840. The van der Waals surface area contributed by atoms with E-state index >= 15 is 0 Å². The number of nitrogens with one attached hydrogen (secondary N) is 1. The van der Waals surface area contributed by atoms with Gasteiger partial charge in [0, 0.05) is 30.7 Å². The largest absolute Gasteiger partial charge is 0.313 e. The first kappa shape index (κ1) is 15.8. The highest BCUT2D eigenvalue weighted by Gasteiger charge is 2.26. The Kier molecular flexibility index (Phi) is 5.07. The zero-order chi connectivity index (χ0) is 14.8. The Balaban J connectivity index is 1.96. The Morgan fingerprint density at radius 3 is 2.50 bits per heavy atom. The fraction of sp³-hybridized carbons (Fsp3) is 0.571. The van der Waals surface area contributed by atoms with Gasteiger partial charge in [0.1, 0.15) is 0 Å². The van der Waals surface area contributed by atoms with E-state index in [4.69, 9.17) is 11.6 Å². The lowest BCUT2D eigenvalue weighted by Gasteiger charge is -2.24. The topological polar surface area (TPSA) is 49.4 Å². The molecule has 6 heteroatoms. The second-order valence-corrected chi connectivity index (χ2v) is 7.87. The molecule has 0 aromatic heterocycles. The maximum absolute atomic E-state index is 12.3. The average Bonchev–Trinajstić information content (AvgIpc) is 3.22. The molecule has 1 saturated carbocycles. The fourth-order valence-corrected chi connectivity index (χ4v) is 3.41. The summed E-state index contributed by atoms with van der Waals surface area (Å²) in [6, 6.07) is 7.62. The van der Waals surface area contributed by atoms with Crippen molar-refractivity contribution in [2.24, 2.45) is 0 Å². The molecule has 1 aromatic rings. The van der Waals surface area contributed by atoms with Crippen molar-refractivity contribution in [3.63, 3.8) is 0 Å². The van der Waals surface area contributed by atoms with Crippen molar-refractivity contribution < 1.29 is 8.42 Å². The molecular formula is C14H21ClN2O2S. The van der Waals surface area contributed by atoms with Crippen molar-refractivity contribution >= 4 is 21.6 Å². The lowest BCUT2D eigenvalue weighted by Crippen LogP contribution is -2.35. The second-order valence-electron chi connectivity index (χ2n) is 5.29. The van der Waals surface area contributed by atoms with Crippen molar-refractivity contribution in [3.8, 4) is 0 Å². The molecule has 1 aliphatic rings.